The summed E-state index contributed by atoms with van der Waals surface area (Å²) in [6.07, 6.45) is 2.94. The van der Waals surface area contributed by atoms with E-state index in [2.05, 4.69) is 15.5 Å². The Hall–Kier alpha value is -2.65. The molecule has 2 rings (SSSR count). The van der Waals surface area contributed by atoms with Crippen LogP contribution >= 0.6 is 0 Å². The Morgan fingerprint density at radius 3 is 2.46 bits per heavy atom. The van der Waals surface area contributed by atoms with Crippen LogP contribution in [-0.2, 0) is 10.0 Å². The van der Waals surface area contributed by atoms with E-state index in [-0.39, 0.29) is 4.90 Å². The first-order valence-electron chi connectivity index (χ1n) is 9.02. The summed E-state index contributed by atoms with van der Waals surface area (Å²) in [6.45, 7) is 6.85. The van der Waals surface area contributed by atoms with Crippen molar-refractivity contribution in [3.05, 3.63) is 42.1 Å². The van der Waals surface area contributed by atoms with E-state index in [9.17, 15) is 8.42 Å². The van der Waals surface area contributed by atoms with Crippen LogP contribution in [0.3, 0.4) is 0 Å². The van der Waals surface area contributed by atoms with E-state index in [0.29, 0.717) is 37.0 Å². The van der Waals surface area contributed by atoms with Gasteiger partial charge in [-0.3, -0.25) is 5.43 Å². The fraction of sp³-hybridized carbons (Fsp3) is 0.368. The van der Waals surface area contributed by atoms with Crippen molar-refractivity contribution in [2.75, 3.05) is 32.2 Å². The second kappa shape index (κ2) is 10.0. The Balaban J connectivity index is 2.08. The van der Waals surface area contributed by atoms with Crippen LogP contribution in [0.4, 0.5) is 5.82 Å². The maximum atomic E-state index is 12.5. The molecule has 0 radical (unpaired) electrons. The van der Waals surface area contributed by atoms with Gasteiger partial charge in [0.05, 0.1) is 19.9 Å². The van der Waals surface area contributed by atoms with Gasteiger partial charge in [-0.2, -0.15) is 9.41 Å². The molecule has 0 saturated heterocycles. The number of hydrogen-bond acceptors (Lipinski definition) is 7. The van der Waals surface area contributed by atoms with E-state index in [1.165, 1.54) is 16.6 Å². The summed E-state index contributed by atoms with van der Waals surface area (Å²) < 4.78 is 37.1. The number of rotatable bonds is 10. The molecule has 1 N–H and O–H groups in total. The van der Waals surface area contributed by atoms with Crippen LogP contribution in [0.1, 0.15) is 26.3 Å². The van der Waals surface area contributed by atoms with Gasteiger partial charge >= 0.3 is 0 Å². The monoisotopic (exact) mass is 406 g/mol. The number of pyridine rings is 1. The van der Waals surface area contributed by atoms with Gasteiger partial charge < -0.3 is 9.47 Å². The van der Waals surface area contributed by atoms with Gasteiger partial charge in [-0.15, -0.1) is 0 Å². The molecule has 0 saturated carbocycles. The molecular formula is C19H26N4O4S. The number of methoxy groups -OCH3 is 1. The van der Waals surface area contributed by atoms with Crippen molar-refractivity contribution in [2.45, 2.75) is 25.7 Å². The minimum Gasteiger partial charge on any atom is -0.493 e. The van der Waals surface area contributed by atoms with E-state index in [1.54, 1.807) is 39.3 Å². The Bertz CT molecular complexity index is 895. The second-order valence-corrected chi connectivity index (χ2v) is 7.62. The van der Waals surface area contributed by atoms with E-state index in [0.717, 1.165) is 5.56 Å². The maximum Gasteiger partial charge on any atom is 0.244 e. The van der Waals surface area contributed by atoms with Crippen LogP contribution in [-0.4, -0.2) is 50.7 Å². The van der Waals surface area contributed by atoms with Crippen molar-refractivity contribution >= 4 is 22.1 Å². The third kappa shape index (κ3) is 5.20. The predicted octanol–water partition coefficient (Wildman–Crippen LogP) is 2.97. The third-order valence-electron chi connectivity index (χ3n) is 3.96. The van der Waals surface area contributed by atoms with Crippen LogP contribution in [0, 0.1) is 0 Å². The van der Waals surface area contributed by atoms with E-state index in [1.807, 2.05) is 19.1 Å². The number of hydrogen-bond donors (Lipinski definition) is 1. The Morgan fingerprint density at radius 1 is 1.14 bits per heavy atom. The van der Waals surface area contributed by atoms with E-state index in [4.69, 9.17) is 9.47 Å². The fourth-order valence-electron chi connectivity index (χ4n) is 2.53. The molecule has 0 aliphatic rings. The van der Waals surface area contributed by atoms with Crippen molar-refractivity contribution < 1.29 is 17.9 Å². The van der Waals surface area contributed by atoms with Crippen LogP contribution in [0.2, 0.25) is 0 Å². The summed E-state index contributed by atoms with van der Waals surface area (Å²) in [6, 6.07) is 8.56. The fourth-order valence-corrected chi connectivity index (χ4v) is 3.93. The zero-order valence-electron chi connectivity index (χ0n) is 16.5. The summed E-state index contributed by atoms with van der Waals surface area (Å²) >= 11 is 0. The lowest BCUT2D eigenvalue weighted by Gasteiger charge is -2.18. The molecule has 0 unspecified atom stereocenters. The highest BCUT2D eigenvalue weighted by Crippen LogP contribution is 2.27. The molecular weight excluding hydrogens is 380 g/mol. The number of benzene rings is 1. The lowest BCUT2D eigenvalue weighted by molar-refractivity contribution is 0.311. The van der Waals surface area contributed by atoms with Gasteiger partial charge in [0.25, 0.3) is 0 Å². The quantitative estimate of drug-likeness (QED) is 0.482. The molecule has 0 spiro atoms. The first kappa shape index (κ1) is 21.6. The van der Waals surface area contributed by atoms with Crippen molar-refractivity contribution in [3.63, 3.8) is 0 Å². The summed E-state index contributed by atoms with van der Waals surface area (Å²) in [5.41, 5.74) is 3.60. The number of anilines is 1. The van der Waals surface area contributed by atoms with Gasteiger partial charge in [0, 0.05) is 19.3 Å². The van der Waals surface area contributed by atoms with E-state index < -0.39 is 10.0 Å². The Morgan fingerprint density at radius 2 is 1.89 bits per heavy atom. The van der Waals surface area contributed by atoms with Gasteiger partial charge in [0.2, 0.25) is 10.0 Å². The maximum absolute atomic E-state index is 12.5. The molecule has 0 fully saturated rings. The third-order valence-corrected chi connectivity index (χ3v) is 5.99. The Kier molecular flexibility index (Phi) is 7.77. The minimum absolute atomic E-state index is 0.155. The average Bonchev–Trinajstić information content (AvgIpc) is 2.69. The summed E-state index contributed by atoms with van der Waals surface area (Å²) in [5.74, 6) is 1.73. The average molecular weight is 407 g/mol. The molecule has 28 heavy (non-hydrogen) atoms. The molecule has 1 aromatic carbocycles. The highest BCUT2D eigenvalue weighted by Gasteiger charge is 2.21. The van der Waals surface area contributed by atoms with Crippen LogP contribution in [0.25, 0.3) is 0 Å². The van der Waals surface area contributed by atoms with Gasteiger partial charge in [-0.25, -0.2) is 13.4 Å². The van der Waals surface area contributed by atoms with E-state index >= 15 is 0 Å². The largest absolute Gasteiger partial charge is 0.493 e. The molecule has 0 aliphatic heterocycles. The van der Waals surface area contributed by atoms with Crippen LogP contribution < -0.4 is 14.9 Å². The number of ether oxygens (including phenoxy) is 2. The number of nitrogens with one attached hydrogen (secondary N) is 1. The van der Waals surface area contributed by atoms with Gasteiger partial charge in [0.1, 0.15) is 10.7 Å². The first-order chi connectivity index (χ1) is 13.5. The smallest absolute Gasteiger partial charge is 0.244 e. The molecule has 9 heteroatoms. The SMILES string of the molecule is CCOc1cc(/C=N/Nc2ccc(S(=O)(=O)N(CC)CC)cn2)ccc1OC. The summed E-state index contributed by atoms with van der Waals surface area (Å²) in [4.78, 5) is 4.28. The molecule has 0 atom stereocenters. The molecule has 8 nitrogen and oxygen atoms in total. The van der Waals surface area contributed by atoms with Gasteiger partial charge in [-0.1, -0.05) is 13.8 Å². The molecule has 0 bridgehead atoms. The van der Waals surface area contributed by atoms with Crippen molar-refractivity contribution in [2.24, 2.45) is 5.10 Å². The summed E-state index contributed by atoms with van der Waals surface area (Å²) in [7, 11) is -1.93. The summed E-state index contributed by atoms with van der Waals surface area (Å²) in [5, 5.41) is 4.13. The number of hydrazone groups is 1. The number of sulfonamides is 1. The molecule has 2 aromatic rings. The van der Waals surface area contributed by atoms with Crippen LogP contribution in [0.15, 0.2) is 46.5 Å². The highest BCUT2D eigenvalue weighted by molar-refractivity contribution is 7.89. The predicted molar refractivity (Wildman–Crippen MR) is 110 cm³/mol. The van der Waals surface area contributed by atoms with Crippen molar-refractivity contribution in [1.82, 2.24) is 9.29 Å². The van der Waals surface area contributed by atoms with Gasteiger partial charge in [-0.05, 0) is 42.8 Å². The second-order valence-electron chi connectivity index (χ2n) is 5.68. The molecule has 1 heterocycles. The van der Waals surface area contributed by atoms with Crippen molar-refractivity contribution in [1.29, 1.82) is 0 Å². The lowest BCUT2D eigenvalue weighted by Crippen LogP contribution is -2.30. The number of aromatic nitrogens is 1. The van der Waals surface area contributed by atoms with Crippen LogP contribution in [0.5, 0.6) is 11.5 Å². The Labute approximate surface area is 166 Å². The topological polar surface area (TPSA) is 93.1 Å². The normalized spacial score (nSPS) is 11.8. The van der Waals surface area contributed by atoms with Crippen molar-refractivity contribution in [3.8, 4) is 11.5 Å². The zero-order chi connectivity index (χ0) is 20.6. The molecule has 1 aromatic heterocycles. The van der Waals surface area contributed by atoms with Gasteiger partial charge in [0.15, 0.2) is 11.5 Å². The first-order valence-corrected chi connectivity index (χ1v) is 10.5. The molecule has 0 amide bonds. The lowest BCUT2D eigenvalue weighted by atomic mass is 10.2. The highest BCUT2D eigenvalue weighted by atomic mass is 32.2. The molecule has 0 aliphatic carbocycles. The minimum atomic E-state index is -3.52. The zero-order valence-corrected chi connectivity index (χ0v) is 17.4. The molecule has 152 valence electrons. The number of nitrogens with zero attached hydrogens (tertiary/aromatic N) is 3. The standard InChI is InChI=1S/C19H26N4O4S/c1-5-23(6-2)28(24,25)16-9-11-19(20-14-16)22-21-13-15-8-10-17(26-4)18(12-15)27-7-3/h8-14H,5-7H2,1-4H3,(H,20,22)/b21-13+.